The first-order valence-electron chi connectivity index (χ1n) is 13.1. The second kappa shape index (κ2) is 9.64. The lowest BCUT2D eigenvalue weighted by Crippen LogP contribution is -2.49. The third-order valence-corrected chi connectivity index (χ3v) is 7.17. The van der Waals surface area contributed by atoms with Gasteiger partial charge in [0.25, 0.3) is 11.5 Å². The minimum absolute atomic E-state index is 0.0733. The molecule has 0 fully saturated rings. The number of aromatic nitrogens is 4. The predicted molar refractivity (Wildman–Crippen MR) is 145 cm³/mol. The molecular weight excluding hydrogens is 539 g/mol. The van der Waals surface area contributed by atoms with Crippen molar-refractivity contribution in [2.45, 2.75) is 72.5 Å². The van der Waals surface area contributed by atoms with Gasteiger partial charge in [-0.15, -0.1) is 0 Å². The number of hydrogen-bond donors (Lipinski definition) is 0. The van der Waals surface area contributed by atoms with E-state index in [-0.39, 0.29) is 35.2 Å². The zero-order valence-corrected chi connectivity index (χ0v) is 23.5. The van der Waals surface area contributed by atoms with Crippen LogP contribution in [0.4, 0.5) is 18.0 Å². The number of alkyl halides is 3. The zero-order chi connectivity index (χ0) is 30.0. The summed E-state index contributed by atoms with van der Waals surface area (Å²) in [6.45, 7) is 10.4. The van der Waals surface area contributed by atoms with Gasteiger partial charge in [0.05, 0.1) is 23.1 Å². The molecule has 1 aromatic carbocycles. The molecule has 9 nitrogen and oxygen atoms in total. The fourth-order valence-corrected chi connectivity index (χ4v) is 5.19. The van der Waals surface area contributed by atoms with E-state index in [2.05, 4.69) is 4.98 Å². The molecule has 216 valence electrons. The fourth-order valence-electron chi connectivity index (χ4n) is 5.19. The molecule has 1 aliphatic rings. The molecule has 4 aromatic rings. The Bertz CT molecular complexity index is 1760. The SMILES string of the molecule is Cc1cn(-c2ccc3n(c2=O)CC(C)N(Cc2c(C)n(C(=O)OC(C)(C)C)c4ccc(C(F)(F)F)cc24)C3=O)cn1. The Kier molecular flexibility index (Phi) is 6.62. The van der Waals surface area contributed by atoms with Crippen LogP contribution in [0, 0.1) is 13.8 Å². The number of fused-ring (bicyclic) bond motifs is 2. The van der Waals surface area contributed by atoms with Crippen LogP contribution in [0.25, 0.3) is 16.6 Å². The highest BCUT2D eigenvalue weighted by molar-refractivity contribution is 5.96. The number of amides is 1. The largest absolute Gasteiger partial charge is 0.443 e. The monoisotopic (exact) mass is 569 g/mol. The number of ether oxygens (including phenoxy) is 1. The van der Waals surface area contributed by atoms with E-state index in [9.17, 15) is 27.6 Å². The first-order chi connectivity index (χ1) is 19.1. The molecule has 12 heteroatoms. The van der Waals surface area contributed by atoms with Crippen LogP contribution in [0.15, 0.2) is 47.7 Å². The summed E-state index contributed by atoms with van der Waals surface area (Å²) >= 11 is 0. The second-order valence-corrected chi connectivity index (χ2v) is 11.3. The van der Waals surface area contributed by atoms with E-state index in [1.54, 1.807) is 64.4 Å². The van der Waals surface area contributed by atoms with Gasteiger partial charge in [0, 0.05) is 42.0 Å². The summed E-state index contributed by atoms with van der Waals surface area (Å²) in [4.78, 5) is 45.8. The number of nitrogens with zero attached hydrogens (tertiary/aromatic N) is 5. The van der Waals surface area contributed by atoms with Crippen LogP contribution in [-0.2, 0) is 24.0 Å². The van der Waals surface area contributed by atoms with Gasteiger partial charge in [0.2, 0.25) is 0 Å². The normalized spacial score (nSPS) is 15.9. The molecule has 1 atom stereocenters. The molecule has 4 heterocycles. The van der Waals surface area contributed by atoms with Crippen molar-refractivity contribution in [2.24, 2.45) is 0 Å². The number of benzene rings is 1. The van der Waals surface area contributed by atoms with Crippen molar-refractivity contribution in [1.29, 1.82) is 0 Å². The lowest BCUT2D eigenvalue weighted by molar-refractivity contribution is -0.137. The van der Waals surface area contributed by atoms with Gasteiger partial charge in [-0.25, -0.2) is 14.3 Å². The number of hydrogen-bond acceptors (Lipinski definition) is 5. The Labute approximate surface area is 233 Å². The Balaban J connectivity index is 1.59. The van der Waals surface area contributed by atoms with Gasteiger partial charge in [-0.2, -0.15) is 13.2 Å². The number of pyridine rings is 1. The molecule has 0 saturated carbocycles. The van der Waals surface area contributed by atoms with Crippen LogP contribution in [0.2, 0.25) is 0 Å². The van der Waals surface area contributed by atoms with Crippen LogP contribution >= 0.6 is 0 Å². The average molecular weight is 570 g/mol. The Hall–Kier alpha value is -4.35. The van der Waals surface area contributed by atoms with E-state index in [4.69, 9.17) is 4.74 Å². The van der Waals surface area contributed by atoms with Gasteiger partial charge >= 0.3 is 12.3 Å². The van der Waals surface area contributed by atoms with Gasteiger partial charge < -0.3 is 18.8 Å². The van der Waals surface area contributed by atoms with E-state index < -0.39 is 35.4 Å². The third-order valence-electron chi connectivity index (χ3n) is 7.17. The number of imidazole rings is 1. The predicted octanol–water partition coefficient (Wildman–Crippen LogP) is 5.45. The highest BCUT2D eigenvalue weighted by Crippen LogP contribution is 2.36. The van der Waals surface area contributed by atoms with Crippen LogP contribution in [0.3, 0.4) is 0 Å². The molecule has 1 amide bonds. The minimum Gasteiger partial charge on any atom is -0.443 e. The van der Waals surface area contributed by atoms with Crippen LogP contribution < -0.4 is 5.56 Å². The lowest BCUT2D eigenvalue weighted by Gasteiger charge is -2.35. The first kappa shape index (κ1) is 28.2. The molecule has 3 aromatic heterocycles. The molecule has 0 N–H and O–H groups in total. The van der Waals surface area contributed by atoms with Crippen molar-refractivity contribution in [3.05, 3.63) is 81.4 Å². The number of halogens is 3. The van der Waals surface area contributed by atoms with E-state index in [1.165, 1.54) is 26.4 Å². The number of carbonyl (C=O) groups is 2. The van der Waals surface area contributed by atoms with Gasteiger partial charge in [-0.05, 0) is 71.9 Å². The quantitative estimate of drug-likeness (QED) is 0.327. The summed E-state index contributed by atoms with van der Waals surface area (Å²) in [6.07, 6.45) is -2.10. The first-order valence-corrected chi connectivity index (χ1v) is 13.1. The van der Waals surface area contributed by atoms with Crippen molar-refractivity contribution in [3.63, 3.8) is 0 Å². The average Bonchev–Trinajstić information content (AvgIpc) is 3.40. The number of rotatable bonds is 3. The fraction of sp³-hybridized carbons (Fsp3) is 0.379. The zero-order valence-electron chi connectivity index (χ0n) is 23.5. The van der Waals surface area contributed by atoms with E-state index in [0.717, 1.165) is 17.8 Å². The summed E-state index contributed by atoms with van der Waals surface area (Å²) in [6, 6.07) is 5.80. The molecule has 1 unspecified atom stereocenters. The van der Waals surface area contributed by atoms with Gasteiger partial charge in [-0.3, -0.25) is 9.59 Å². The van der Waals surface area contributed by atoms with Crippen molar-refractivity contribution in [1.82, 2.24) is 23.6 Å². The summed E-state index contributed by atoms with van der Waals surface area (Å²) in [5.74, 6) is -0.446. The van der Waals surface area contributed by atoms with Crippen molar-refractivity contribution >= 4 is 22.9 Å². The maximum atomic E-state index is 13.7. The molecule has 1 aliphatic heterocycles. The molecule has 0 aliphatic carbocycles. The smallest absolute Gasteiger partial charge is 0.419 e. The van der Waals surface area contributed by atoms with Crippen LogP contribution in [0.1, 0.15) is 60.7 Å². The molecule has 0 saturated heterocycles. The molecule has 0 radical (unpaired) electrons. The number of aryl methyl sites for hydroxylation is 1. The van der Waals surface area contributed by atoms with Gasteiger partial charge in [0.15, 0.2) is 0 Å². The Morgan fingerprint density at radius 3 is 2.41 bits per heavy atom. The maximum absolute atomic E-state index is 13.7. The van der Waals surface area contributed by atoms with Crippen molar-refractivity contribution < 1.29 is 27.5 Å². The minimum atomic E-state index is -4.60. The van der Waals surface area contributed by atoms with Crippen molar-refractivity contribution in [2.75, 3.05) is 0 Å². The highest BCUT2D eigenvalue weighted by Gasteiger charge is 2.35. The molecule has 41 heavy (non-hydrogen) atoms. The molecule has 5 rings (SSSR count). The van der Waals surface area contributed by atoms with Gasteiger partial charge in [-0.1, -0.05) is 0 Å². The lowest BCUT2D eigenvalue weighted by atomic mass is 10.0. The second-order valence-electron chi connectivity index (χ2n) is 11.3. The van der Waals surface area contributed by atoms with Gasteiger partial charge in [0.1, 0.15) is 17.0 Å². The molecule has 0 bridgehead atoms. The van der Waals surface area contributed by atoms with Crippen molar-refractivity contribution in [3.8, 4) is 5.69 Å². The third kappa shape index (κ3) is 5.02. The standard InChI is InChI=1S/C29H30F3N5O4/c1-16-12-34(15-33-16)23-9-10-24-26(39)35(17(2)13-36(24)25(23)38)14-21-18(3)37(27(40)41-28(4,5)6)22-8-7-19(11-20(21)22)29(30,31)32/h7-12,15,17H,13-14H2,1-6H3. The summed E-state index contributed by atoms with van der Waals surface area (Å²) in [5.41, 5.74) is 0.176. The Morgan fingerprint density at radius 1 is 1.10 bits per heavy atom. The summed E-state index contributed by atoms with van der Waals surface area (Å²) in [5, 5.41) is 0.192. The topological polar surface area (TPSA) is 91.4 Å². The molecule has 0 spiro atoms. The molecular formula is C29H30F3N5O4. The Morgan fingerprint density at radius 2 is 1.80 bits per heavy atom. The summed E-state index contributed by atoms with van der Waals surface area (Å²) in [7, 11) is 0. The van der Waals surface area contributed by atoms with E-state index in [0.29, 0.717) is 16.9 Å². The van der Waals surface area contributed by atoms with E-state index in [1.807, 2.05) is 0 Å². The van der Waals surface area contributed by atoms with Crippen LogP contribution in [-0.4, -0.2) is 47.2 Å². The number of carbonyl (C=O) groups excluding carboxylic acids is 2. The van der Waals surface area contributed by atoms with E-state index >= 15 is 0 Å². The summed E-state index contributed by atoms with van der Waals surface area (Å²) < 4.78 is 50.8. The van der Waals surface area contributed by atoms with Crippen LogP contribution in [0.5, 0.6) is 0 Å². The highest BCUT2D eigenvalue weighted by atomic mass is 19.4. The maximum Gasteiger partial charge on any atom is 0.419 e.